The SMILES string of the molecule is COc1cccc2sc(N(Cc3cccnc3)C(=O)CCSc3ccc(F)cc3)nc12. The minimum Gasteiger partial charge on any atom is -0.494 e. The van der Waals surface area contributed by atoms with Gasteiger partial charge in [0.05, 0.1) is 18.4 Å². The average molecular weight is 454 g/mol. The molecule has 2 aromatic carbocycles. The van der Waals surface area contributed by atoms with Crippen LogP contribution in [0.5, 0.6) is 5.75 Å². The number of carbonyl (C=O) groups excluding carboxylic acids is 1. The monoisotopic (exact) mass is 453 g/mol. The fraction of sp³-hybridized carbons (Fsp3) is 0.174. The summed E-state index contributed by atoms with van der Waals surface area (Å²) in [5.74, 6) is 0.967. The van der Waals surface area contributed by atoms with Gasteiger partial charge in [-0.15, -0.1) is 11.8 Å². The van der Waals surface area contributed by atoms with Crippen LogP contribution < -0.4 is 9.64 Å². The molecule has 31 heavy (non-hydrogen) atoms. The fourth-order valence-corrected chi connectivity index (χ4v) is 4.89. The molecule has 0 radical (unpaired) electrons. The quantitative estimate of drug-likeness (QED) is 0.327. The van der Waals surface area contributed by atoms with Crippen molar-refractivity contribution < 1.29 is 13.9 Å². The average Bonchev–Trinajstić information content (AvgIpc) is 3.23. The van der Waals surface area contributed by atoms with Crippen molar-refractivity contribution in [3.8, 4) is 5.75 Å². The van der Waals surface area contributed by atoms with Crippen molar-refractivity contribution in [2.75, 3.05) is 17.8 Å². The van der Waals surface area contributed by atoms with Crippen LogP contribution in [-0.2, 0) is 11.3 Å². The maximum atomic E-state index is 13.2. The Hall–Kier alpha value is -2.97. The highest BCUT2D eigenvalue weighted by Gasteiger charge is 2.21. The van der Waals surface area contributed by atoms with Crippen molar-refractivity contribution in [2.45, 2.75) is 17.9 Å². The van der Waals surface area contributed by atoms with Gasteiger partial charge in [0.25, 0.3) is 0 Å². The van der Waals surface area contributed by atoms with Gasteiger partial charge < -0.3 is 4.74 Å². The first-order valence-corrected chi connectivity index (χ1v) is 11.5. The molecule has 5 nitrogen and oxygen atoms in total. The summed E-state index contributed by atoms with van der Waals surface area (Å²) in [6.07, 6.45) is 3.79. The maximum Gasteiger partial charge on any atom is 0.229 e. The van der Waals surface area contributed by atoms with Crippen LogP contribution in [0.1, 0.15) is 12.0 Å². The summed E-state index contributed by atoms with van der Waals surface area (Å²) in [4.78, 5) is 24.7. The Labute approximate surface area is 187 Å². The third kappa shape index (κ3) is 5.21. The molecule has 4 aromatic rings. The van der Waals surface area contributed by atoms with Crippen molar-refractivity contribution in [3.63, 3.8) is 0 Å². The summed E-state index contributed by atoms with van der Waals surface area (Å²) in [7, 11) is 1.61. The molecule has 0 saturated heterocycles. The van der Waals surface area contributed by atoms with Gasteiger partial charge in [0, 0.05) is 29.5 Å². The Morgan fingerprint density at radius 1 is 1.16 bits per heavy atom. The number of nitrogens with zero attached hydrogens (tertiary/aromatic N) is 3. The van der Waals surface area contributed by atoms with Gasteiger partial charge in [0.1, 0.15) is 17.1 Å². The number of hydrogen-bond acceptors (Lipinski definition) is 6. The Bertz CT molecular complexity index is 1170. The predicted octanol–water partition coefficient (Wildman–Crippen LogP) is 5.55. The molecule has 0 atom stereocenters. The van der Waals surface area contributed by atoms with Crippen LogP contribution in [0, 0.1) is 5.82 Å². The smallest absolute Gasteiger partial charge is 0.229 e. The lowest BCUT2D eigenvalue weighted by molar-refractivity contribution is -0.118. The van der Waals surface area contributed by atoms with Crippen molar-refractivity contribution in [3.05, 3.63) is 78.4 Å². The van der Waals surface area contributed by atoms with Crippen LogP contribution in [-0.4, -0.2) is 28.7 Å². The molecule has 2 heterocycles. The van der Waals surface area contributed by atoms with Crippen molar-refractivity contribution in [2.24, 2.45) is 0 Å². The summed E-state index contributed by atoms with van der Waals surface area (Å²) in [5.41, 5.74) is 1.67. The highest BCUT2D eigenvalue weighted by atomic mass is 32.2. The Morgan fingerprint density at radius 2 is 2.00 bits per heavy atom. The van der Waals surface area contributed by atoms with Gasteiger partial charge in [-0.2, -0.15) is 0 Å². The third-order valence-electron chi connectivity index (χ3n) is 4.58. The van der Waals surface area contributed by atoms with Gasteiger partial charge in [0.15, 0.2) is 5.13 Å². The first-order chi connectivity index (χ1) is 15.1. The zero-order valence-electron chi connectivity index (χ0n) is 16.8. The molecule has 0 aliphatic rings. The minimum absolute atomic E-state index is 0.0310. The van der Waals surface area contributed by atoms with E-state index in [0.29, 0.717) is 29.6 Å². The van der Waals surface area contributed by atoms with Gasteiger partial charge in [-0.1, -0.05) is 23.5 Å². The standard InChI is InChI=1S/C23H20FN3O2S2/c1-29-19-5-2-6-20-22(19)26-23(31-20)27(15-16-4-3-12-25-14-16)21(28)11-13-30-18-9-7-17(24)8-10-18/h2-10,12,14H,11,13,15H2,1H3. The van der Waals surface area contributed by atoms with Crippen molar-refractivity contribution >= 4 is 44.4 Å². The summed E-state index contributed by atoms with van der Waals surface area (Å²) in [5, 5.41) is 0.625. The second-order valence-corrected chi connectivity index (χ2v) is 8.87. The zero-order chi connectivity index (χ0) is 21.6. The number of fused-ring (bicyclic) bond motifs is 1. The zero-order valence-corrected chi connectivity index (χ0v) is 18.5. The van der Waals surface area contributed by atoms with Crippen LogP contribution in [0.25, 0.3) is 10.2 Å². The van der Waals surface area contributed by atoms with Crippen molar-refractivity contribution in [1.82, 2.24) is 9.97 Å². The second-order valence-electron chi connectivity index (χ2n) is 6.70. The number of carbonyl (C=O) groups is 1. The largest absolute Gasteiger partial charge is 0.494 e. The molecule has 0 spiro atoms. The molecule has 0 aliphatic carbocycles. The Morgan fingerprint density at radius 3 is 2.74 bits per heavy atom. The van der Waals surface area contributed by atoms with Gasteiger partial charge in [-0.25, -0.2) is 9.37 Å². The molecular weight excluding hydrogens is 433 g/mol. The number of halogens is 1. The van der Waals surface area contributed by atoms with E-state index >= 15 is 0 Å². The number of methoxy groups -OCH3 is 1. The van der Waals surface area contributed by atoms with Crippen LogP contribution in [0.2, 0.25) is 0 Å². The Balaban J connectivity index is 1.55. The number of rotatable bonds is 8. The summed E-state index contributed by atoms with van der Waals surface area (Å²) < 4.78 is 19.5. The molecule has 4 rings (SSSR count). The molecule has 0 unspecified atom stereocenters. The first-order valence-electron chi connectivity index (χ1n) is 9.65. The second kappa shape index (κ2) is 9.89. The lowest BCUT2D eigenvalue weighted by Crippen LogP contribution is -2.30. The first kappa shape index (κ1) is 21.3. The summed E-state index contributed by atoms with van der Waals surface area (Å²) in [6.45, 7) is 0.385. The lowest BCUT2D eigenvalue weighted by atomic mass is 10.2. The molecule has 0 N–H and O–H groups in total. The molecule has 0 saturated carbocycles. The number of benzene rings is 2. The number of hydrogen-bond donors (Lipinski definition) is 0. The number of ether oxygens (including phenoxy) is 1. The number of pyridine rings is 1. The third-order valence-corrected chi connectivity index (χ3v) is 6.64. The van der Waals surface area contributed by atoms with Crippen LogP contribution in [0.4, 0.5) is 9.52 Å². The van der Waals surface area contributed by atoms with E-state index in [0.717, 1.165) is 20.7 Å². The topological polar surface area (TPSA) is 55.3 Å². The van der Waals surface area contributed by atoms with E-state index in [4.69, 9.17) is 9.72 Å². The highest BCUT2D eigenvalue weighted by Crippen LogP contribution is 2.35. The normalized spacial score (nSPS) is 10.9. The highest BCUT2D eigenvalue weighted by molar-refractivity contribution is 7.99. The number of amides is 1. The van der Waals surface area contributed by atoms with E-state index in [1.54, 1.807) is 36.5 Å². The van der Waals surface area contributed by atoms with Crippen LogP contribution in [0.15, 0.2) is 71.9 Å². The molecule has 0 aliphatic heterocycles. The van der Waals surface area contributed by atoms with Gasteiger partial charge in [-0.3, -0.25) is 14.7 Å². The Kier molecular flexibility index (Phi) is 6.79. The maximum absolute atomic E-state index is 13.2. The van der Waals surface area contributed by atoms with Crippen LogP contribution >= 0.6 is 23.1 Å². The number of anilines is 1. The molecule has 1 amide bonds. The number of thioether (sulfide) groups is 1. The molecule has 8 heteroatoms. The van der Waals surface area contributed by atoms with E-state index in [2.05, 4.69) is 4.98 Å². The van der Waals surface area contributed by atoms with E-state index in [1.165, 1.54) is 35.2 Å². The van der Waals surface area contributed by atoms with E-state index in [1.807, 2.05) is 30.3 Å². The summed E-state index contributed by atoms with van der Waals surface area (Å²) in [6, 6.07) is 15.8. The fourth-order valence-electron chi connectivity index (χ4n) is 3.05. The van der Waals surface area contributed by atoms with Crippen molar-refractivity contribution in [1.29, 1.82) is 0 Å². The number of para-hydroxylation sites is 1. The van der Waals surface area contributed by atoms with Crippen LogP contribution in [0.3, 0.4) is 0 Å². The molecule has 158 valence electrons. The van der Waals surface area contributed by atoms with E-state index < -0.39 is 0 Å². The van der Waals surface area contributed by atoms with E-state index in [9.17, 15) is 9.18 Å². The lowest BCUT2D eigenvalue weighted by Gasteiger charge is -2.20. The van der Waals surface area contributed by atoms with Gasteiger partial charge in [0.2, 0.25) is 5.91 Å². The minimum atomic E-state index is -0.269. The number of aromatic nitrogens is 2. The molecular formula is C23H20FN3O2S2. The molecule has 2 aromatic heterocycles. The predicted molar refractivity (Wildman–Crippen MR) is 123 cm³/mol. The van der Waals surface area contributed by atoms with E-state index in [-0.39, 0.29) is 11.7 Å². The van der Waals surface area contributed by atoms with Gasteiger partial charge in [-0.05, 0) is 48.0 Å². The molecule has 0 fully saturated rings. The number of thiazole rings is 1. The summed E-state index contributed by atoms with van der Waals surface area (Å²) >= 11 is 2.98. The molecule has 0 bridgehead atoms. The van der Waals surface area contributed by atoms with Gasteiger partial charge >= 0.3 is 0 Å².